The van der Waals surface area contributed by atoms with Crippen molar-refractivity contribution in [1.82, 2.24) is 10.2 Å². The lowest BCUT2D eigenvalue weighted by molar-refractivity contribution is -0.384. The molecule has 1 unspecified atom stereocenters. The molecule has 0 spiro atoms. The van der Waals surface area contributed by atoms with Gasteiger partial charge >= 0.3 is 0 Å². The second kappa shape index (κ2) is 8.18. The number of fused-ring (bicyclic) bond motifs is 1. The van der Waals surface area contributed by atoms with E-state index in [9.17, 15) is 14.9 Å². The van der Waals surface area contributed by atoms with Crippen molar-refractivity contribution >= 4 is 17.3 Å². The summed E-state index contributed by atoms with van der Waals surface area (Å²) in [6, 6.07) is 12.7. The van der Waals surface area contributed by atoms with Gasteiger partial charge in [-0.3, -0.25) is 19.8 Å². The standard InChI is InChI=1S/C21H24N4O4/c1-29-20-5-3-2-4-17(20)19-13-22-9-11-23(19)14-21(26)24-10-8-15-6-7-16(25(27)28)12-18(15)24/h2-7,12,19,22H,8-11,13-14H2,1H3. The van der Waals surface area contributed by atoms with Crippen LogP contribution in [0.15, 0.2) is 42.5 Å². The van der Waals surface area contributed by atoms with Crippen LogP contribution < -0.4 is 15.0 Å². The molecule has 0 radical (unpaired) electrons. The normalized spacial score (nSPS) is 19.1. The smallest absolute Gasteiger partial charge is 0.271 e. The van der Waals surface area contributed by atoms with Crippen molar-refractivity contribution in [3.05, 3.63) is 63.7 Å². The second-order valence-corrected chi connectivity index (χ2v) is 7.30. The molecule has 2 heterocycles. The summed E-state index contributed by atoms with van der Waals surface area (Å²) in [5, 5.41) is 14.5. The zero-order valence-corrected chi connectivity index (χ0v) is 16.3. The average Bonchev–Trinajstić information content (AvgIpc) is 3.17. The van der Waals surface area contributed by atoms with Crippen LogP contribution in [0.3, 0.4) is 0 Å². The molecule has 4 rings (SSSR count). The van der Waals surface area contributed by atoms with Crippen LogP contribution in [0.4, 0.5) is 11.4 Å². The molecular weight excluding hydrogens is 372 g/mol. The molecule has 1 fully saturated rings. The van der Waals surface area contributed by atoms with Crippen LogP contribution in [0.1, 0.15) is 17.2 Å². The number of methoxy groups -OCH3 is 1. The Kier molecular flexibility index (Phi) is 5.46. The van der Waals surface area contributed by atoms with E-state index in [-0.39, 0.29) is 24.2 Å². The van der Waals surface area contributed by atoms with E-state index in [0.717, 1.165) is 42.9 Å². The molecule has 0 aliphatic carbocycles. The van der Waals surface area contributed by atoms with Gasteiger partial charge in [-0.15, -0.1) is 0 Å². The van der Waals surface area contributed by atoms with Gasteiger partial charge < -0.3 is 15.0 Å². The Morgan fingerprint density at radius 1 is 1.28 bits per heavy atom. The highest BCUT2D eigenvalue weighted by Crippen LogP contribution is 2.33. The number of ether oxygens (including phenoxy) is 1. The highest BCUT2D eigenvalue weighted by Gasteiger charge is 2.32. The van der Waals surface area contributed by atoms with Gasteiger partial charge in [0.25, 0.3) is 5.69 Å². The molecule has 0 saturated carbocycles. The molecule has 1 saturated heterocycles. The Morgan fingerprint density at radius 2 is 2.10 bits per heavy atom. The zero-order chi connectivity index (χ0) is 20.4. The highest BCUT2D eigenvalue weighted by molar-refractivity contribution is 5.97. The van der Waals surface area contributed by atoms with Crippen molar-refractivity contribution in [2.75, 3.05) is 44.7 Å². The molecule has 1 N–H and O–H groups in total. The van der Waals surface area contributed by atoms with Crippen LogP contribution in [-0.4, -0.2) is 55.6 Å². The van der Waals surface area contributed by atoms with Gasteiger partial charge in [0, 0.05) is 43.9 Å². The molecule has 8 nitrogen and oxygen atoms in total. The number of piperazine rings is 1. The van der Waals surface area contributed by atoms with Gasteiger partial charge in [-0.05, 0) is 18.1 Å². The van der Waals surface area contributed by atoms with Crippen LogP contribution in [0.5, 0.6) is 5.75 Å². The molecule has 152 valence electrons. The quantitative estimate of drug-likeness (QED) is 0.615. The lowest BCUT2D eigenvalue weighted by atomic mass is 10.0. The van der Waals surface area contributed by atoms with Crippen LogP contribution in [-0.2, 0) is 11.2 Å². The summed E-state index contributed by atoms with van der Waals surface area (Å²) < 4.78 is 5.52. The minimum absolute atomic E-state index is 0.0116. The molecular formula is C21H24N4O4. The summed E-state index contributed by atoms with van der Waals surface area (Å²) in [5.74, 6) is 0.770. The van der Waals surface area contributed by atoms with Crippen molar-refractivity contribution in [3.8, 4) is 5.75 Å². The maximum Gasteiger partial charge on any atom is 0.271 e. The molecule has 1 amide bonds. The predicted molar refractivity (Wildman–Crippen MR) is 109 cm³/mol. The first-order valence-corrected chi connectivity index (χ1v) is 9.74. The van der Waals surface area contributed by atoms with E-state index in [0.29, 0.717) is 12.2 Å². The van der Waals surface area contributed by atoms with Crippen molar-refractivity contribution < 1.29 is 14.5 Å². The van der Waals surface area contributed by atoms with E-state index in [1.165, 1.54) is 12.1 Å². The number of non-ortho nitro benzene ring substituents is 1. The molecule has 1 atom stereocenters. The number of carbonyl (C=O) groups excluding carboxylic acids is 1. The number of hydrogen-bond donors (Lipinski definition) is 1. The predicted octanol–water partition coefficient (Wildman–Crippen LogP) is 2.14. The molecule has 2 aliphatic heterocycles. The van der Waals surface area contributed by atoms with E-state index in [2.05, 4.69) is 10.2 Å². The number of nitrogens with one attached hydrogen (secondary N) is 1. The first-order chi connectivity index (χ1) is 14.1. The molecule has 2 aromatic carbocycles. The van der Waals surface area contributed by atoms with Crippen LogP contribution >= 0.6 is 0 Å². The molecule has 8 heteroatoms. The number of rotatable bonds is 5. The number of anilines is 1. The largest absolute Gasteiger partial charge is 0.496 e. The number of para-hydroxylation sites is 1. The Morgan fingerprint density at radius 3 is 2.90 bits per heavy atom. The maximum atomic E-state index is 13.2. The van der Waals surface area contributed by atoms with Crippen molar-refractivity contribution in [1.29, 1.82) is 0 Å². The van der Waals surface area contributed by atoms with Gasteiger partial charge in [-0.1, -0.05) is 24.3 Å². The Hall–Kier alpha value is -2.97. The maximum absolute atomic E-state index is 13.2. The van der Waals surface area contributed by atoms with Gasteiger partial charge in [0.2, 0.25) is 5.91 Å². The summed E-state index contributed by atoms with van der Waals surface area (Å²) in [6.45, 7) is 3.09. The average molecular weight is 396 g/mol. The summed E-state index contributed by atoms with van der Waals surface area (Å²) >= 11 is 0. The monoisotopic (exact) mass is 396 g/mol. The van der Waals surface area contributed by atoms with Gasteiger partial charge in [-0.25, -0.2) is 0 Å². The number of nitro groups is 1. The van der Waals surface area contributed by atoms with Crippen molar-refractivity contribution in [2.45, 2.75) is 12.5 Å². The first kappa shape index (κ1) is 19.4. The number of hydrogen-bond acceptors (Lipinski definition) is 6. The van der Waals surface area contributed by atoms with E-state index in [1.54, 1.807) is 18.1 Å². The summed E-state index contributed by atoms with van der Waals surface area (Å²) in [5.41, 5.74) is 2.70. The SMILES string of the molecule is COc1ccccc1C1CNCCN1CC(=O)N1CCc2ccc([N+](=O)[O-])cc21. The first-order valence-electron chi connectivity index (χ1n) is 9.74. The number of amides is 1. The fraction of sp³-hybridized carbons (Fsp3) is 0.381. The lowest BCUT2D eigenvalue weighted by Gasteiger charge is -2.37. The van der Waals surface area contributed by atoms with Gasteiger partial charge in [0.05, 0.1) is 30.3 Å². The Balaban J connectivity index is 1.55. The third kappa shape index (κ3) is 3.81. The summed E-state index contributed by atoms with van der Waals surface area (Å²) in [6.07, 6.45) is 0.719. The van der Waals surface area contributed by atoms with Crippen molar-refractivity contribution in [2.24, 2.45) is 0 Å². The molecule has 29 heavy (non-hydrogen) atoms. The number of nitrogens with zero attached hydrogens (tertiary/aromatic N) is 3. The van der Waals surface area contributed by atoms with Gasteiger partial charge in [-0.2, -0.15) is 0 Å². The van der Waals surface area contributed by atoms with E-state index in [1.807, 2.05) is 24.3 Å². The molecule has 2 aromatic rings. The fourth-order valence-electron chi connectivity index (χ4n) is 4.18. The molecule has 0 bridgehead atoms. The van der Waals surface area contributed by atoms with Crippen LogP contribution in [0, 0.1) is 10.1 Å². The minimum Gasteiger partial charge on any atom is -0.496 e. The van der Waals surface area contributed by atoms with Crippen LogP contribution in [0.25, 0.3) is 0 Å². The van der Waals surface area contributed by atoms with Crippen LogP contribution in [0.2, 0.25) is 0 Å². The second-order valence-electron chi connectivity index (χ2n) is 7.30. The summed E-state index contributed by atoms with van der Waals surface area (Å²) in [7, 11) is 1.65. The Labute approximate surface area is 169 Å². The number of nitro benzene ring substituents is 1. The van der Waals surface area contributed by atoms with Crippen molar-refractivity contribution in [3.63, 3.8) is 0 Å². The van der Waals surface area contributed by atoms with E-state index in [4.69, 9.17) is 4.74 Å². The molecule has 2 aliphatic rings. The number of carbonyl (C=O) groups is 1. The fourth-order valence-corrected chi connectivity index (χ4v) is 4.18. The topological polar surface area (TPSA) is 88.0 Å². The number of benzene rings is 2. The lowest BCUT2D eigenvalue weighted by Crippen LogP contribution is -2.50. The third-order valence-corrected chi connectivity index (χ3v) is 5.67. The minimum atomic E-state index is -0.421. The summed E-state index contributed by atoms with van der Waals surface area (Å²) in [4.78, 5) is 27.7. The van der Waals surface area contributed by atoms with E-state index >= 15 is 0 Å². The Bertz CT molecular complexity index is 933. The van der Waals surface area contributed by atoms with Gasteiger partial charge in [0.15, 0.2) is 0 Å². The van der Waals surface area contributed by atoms with E-state index < -0.39 is 4.92 Å². The molecule has 0 aromatic heterocycles. The van der Waals surface area contributed by atoms with Gasteiger partial charge in [0.1, 0.15) is 5.75 Å². The zero-order valence-electron chi connectivity index (χ0n) is 16.3. The highest BCUT2D eigenvalue weighted by atomic mass is 16.6. The third-order valence-electron chi connectivity index (χ3n) is 5.67.